The van der Waals surface area contributed by atoms with Crippen LogP contribution in [0.15, 0.2) is 0 Å². The molecule has 2 heteroatoms. The van der Waals surface area contributed by atoms with E-state index in [1.807, 2.05) is 0 Å². The average molecular weight is 142 g/mol. The van der Waals surface area contributed by atoms with Crippen LogP contribution >= 0.6 is 0 Å². The maximum Gasteiger partial charge on any atom is 0.163 e. The van der Waals surface area contributed by atoms with Gasteiger partial charge >= 0.3 is 0 Å². The molecule has 0 aromatic carbocycles. The minimum atomic E-state index is 0.194. The Hall–Kier alpha value is -0.370. The third-order valence-corrected chi connectivity index (χ3v) is 1.77. The van der Waals surface area contributed by atoms with Gasteiger partial charge in [0.1, 0.15) is 6.61 Å². The van der Waals surface area contributed by atoms with Gasteiger partial charge in [-0.15, -0.1) is 0 Å². The molecule has 0 amide bonds. The maximum atomic E-state index is 11.0. The number of hydrogen-bond acceptors (Lipinski definition) is 2. The van der Waals surface area contributed by atoms with E-state index in [1.165, 1.54) is 0 Å². The van der Waals surface area contributed by atoms with Crippen molar-refractivity contribution in [2.24, 2.45) is 11.8 Å². The molecule has 10 heavy (non-hydrogen) atoms. The summed E-state index contributed by atoms with van der Waals surface area (Å²) in [6, 6.07) is 0. The Morgan fingerprint density at radius 3 is 2.80 bits per heavy atom. The summed E-state index contributed by atoms with van der Waals surface area (Å²) < 4.78 is 5.02. The quantitative estimate of drug-likeness (QED) is 0.580. The Kier molecular flexibility index (Phi) is 2.44. The molecular weight excluding hydrogens is 128 g/mol. The lowest BCUT2D eigenvalue weighted by Crippen LogP contribution is -2.13. The van der Waals surface area contributed by atoms with Crippen LogP contribution in [0.4, 0.5) is 0 Å². The molecule has 0 saturated carbocycles. The number of Topliss-reactive ketones (excluding diaryl/α,β-unsaturated/α-hetero) is 1. The van der Waals surface area contributed by atoms with Gasteiger partial charge in [-0.1, -0.05) is 13.8 Å². The molecule has 1 aliphatic rings. The van der Waals surface area contributed by atoms with Crippen LogP contribution in [0.25, 0.3) is 0 Å². The topological polar surface area (TPSA) is 26.3 Å². The van der Waals surface area contributed by atoms with Gasteiger partial charge < -0.3 is 4.74 Å². The van der Waals surface area contributed by atoms with E-state index in [9.17, 15) is 4.79 Å². The van der Waals surface area contributed by atoms with E-state index in [4.69, 9.17) is 4.74 Å². The minimum absolute atomic E-state index is 0.194. The van der Waals surface area contributed by atoms with Crippen molar-refractivity contribution in [3.8, 4) is 0 Å². The third kappa shape index (κ3) is 1.81. The van der Waals surface area contributed by atoms with Crippen molar-refractivity contribution < 1.29 is 9.53 Å². The highest BCUT2D eigenvalue weighted by atomic mass is 16.5. The first-order valence-electron chi connectivity index (χ1n) is 3.80. The SMILES string of the molecule is CC(C)CC1COCC1=O. The zero-order valence-corrected chi connectivity index (χ0v) is 6.59. The van der Waals surface area contributed by atoms with Crippen molar-refractivity contribution >= 4 is 5.78 Å². The van der Waals surface area contributed by atoms with Gasteiger partial charge in [0.15, 0.2) is 5.78 Å². The number of carbonyl (C=O) groups is 1. The fourth-order valence-electron chi connectivity index (χ4n) is 1.28. The lowest BCUT2D eigenvalue weighted by atomic mass is 9.96. The van der Waals surface area contributed by atoms with Crippen LogP contribution in [0.5, 0.6) is 0 Å². The van der Waals surface area contributed by atoms with Crippen LogP contribution in [0, 0.1) is 11.8 Å². The normalized spacial score (nSPS) is 26.3. The fourth-order valence-corrected chi connectivity index (χ4v) is 1.28. The van der Waals surface area contributed by atoms with Gasteiger partial charge in [-0.05, 0) is 12.3 Å². The second-order valence-corrected chi connectivity index (χ2v) is 3.31. The Labute approximate surface area is 61.6 Å². The van der Waals surface area contributed by atoms with Crippen molar-refractivity contribution in [1.82, 2.24) is 0 Å². The number of carbonyl (C=O) groups excluding carboxylic acids is 1. The van der Waals surface area contributed by atoms with Crippen molar-refractivity contribution in [2.75, 3.05) is 13.2 Å². The largest absolute Gasteiger partial charge is 0.373 e. The summed E-state index contributed by atoms with van der Waals surface area (Å²) in [5, 5.41) is 0. The molecular formula is C8H14O2. The summed E-state index contributed by atoms with van der Waals surface area (Å²) in [7, 11) is 0. The molecule has 0 radical (unpaired) electrons. The highest BCUT2D eigenvalue weighted by Crippen LogP contribution is 2.17. The molecule has 0 N–H and O–H groups in total. The van der Waals surface area contributed by atoms with E-state index < -0.39 is 0 Å². The Balaban J connectivity index is 2.33. The second kappa shape index (κ2) is 3.15. The fraction of sp³-hybridized carbons (Fsp3) is 0.875. The van der Waals surface area contributed by atoms with E-state index in [2.05, 4.69) is 13.8 Å². The molecule has 58 valence electrons. The van der Waals surface area contributed by atoms with Gasteiger partial charge in [-0.25, -0.2) is 0 Å². The first kappa shape index (κ1) is 7.73. The van der Waals surface area contributed by atoms with E-state index >= 15 is 0 Å². The third-order valence-electron chi connectivity index (χ3n) is 1.77. The Bertz CT molecular complexity index is 129. The summed E-state index contributed by atoms with van der Waals surface area (Å²) >= 11 is 0. The predicted octanol–water partition coefficient (Wildman–Crippen LogP) is 1.25. The maximum absolute atomic E-state index is 11.0. The zero-order chi connectivity index (χ0) is 7.56. The number of ketones is 1. The van der Waals surface area contributed by atoms with Crippen LogP contribution in [0.2, 0.25) is 0 Å². The van der Waals surface area contributed by atoms with E-state index in [0.717, 1.165) is 6.42 Å². The van der Waals surface area contributed by atoms with E-state index in [1.54, 1.807) is 0 Å². The number of rotatable bonds is 2. The van der Waals surface area contributed by atoms with Gasteiger partial charge in [-0.2, -0.15) is 0 Å². The first-order valence-corrected chi connectivity index (χ1v) is 3.80. The molecule has 1 heterocycles. The predicted molar refractivity (Wildman–Crippen MR) is 38.8 cm³/mol. The molecule has 0 aromatic heterocycles. The zero-order valence-electron chi connectivity index (χ0n) is 6.59. The lowest BCUT2D eigenvalue weighted by Gasteiger charge is -2.07. The van der Waals surface area contributed by atoms with Crippen molar-refractivity contribution in [3.05, 3.63) is 0 Å². The van der Waals surface area contributed by atoms with Gasteiger partial charge in [-0.3, -0.25) is 4.79 Å². The Morgan fingerprint density at radius 2 is 2.40 bits per heavy atom. The van der Waals surface area contributed by atoms with E-state index in [-0.39, 0.29) is 11.7 Å². The highest BCUT2D eigenvalue weighted by Gasteiger charge is 2.25. The molecule has 0 aliphatic carbocycles. The van der Waals surface area contributed by atoms with Crippen LogP contribution in [0.1, 0.15) is 20.3 Å². The van der Waals surface area contributed by atoms with Crippen molar-refractivity contribution in [2.45, 2.75) is 20.3 Å². The molecule has 2 nitrogen and oxygen atoms in total. The van der Waals surface area contributed by atoms with Crippen LogP contribution < -0.4 is 0 Å². The highest BCUT2D eigenvalue weighted by molar-refractivity contribution is 5.83. The second-order valence-electron chi connectivity index (χ2n) is 3.31. The molecule has 1 fully saturated rings. The molecule has 1 rings (SSSR count). The summed E-state index contributed by atoms with van der Waals surface area (Å²) in [6.07, 6.45) is 0.985. The molecule has 1 saturated heterocycles. The summed E-state index contributed by atoms with van der Waals surface area (Å²) in [5.74, 6) is 1.09. The molecule has 0 aromatic rings. The van der Waals surface area contributed by atoms with Gasteiger partial charge in [0, 0.05) is 5.92 Å². The van der Waals surface area contributed by atoms with Gasteiger partial charge in [0.25, 0.3) is 0 Å². The number of hydrogen-bond donors (Lipinski definition) is 0. The smallest absolute Gasteiger partial charge is 0.163 e. The van der Waals surface area contributed by atoms with Crippen molar-refractivity contribution in [1.29, 1.82) is 0 Å². The molecule has 1 aliphatic heterocycles. The van der Waals surface area contributed by atoms with Crippen LogP contribution in [-0.4, -0.2) is 19.0 Å². The average Bonchev–Trinajstić information content (AvgIpc) is 2.15. The van der Waals surface area contributed by atoms with Crippen molar-refractivity contribution in [3.63, 3.8) is 0 Å². The summed E-state index contributed by atoms with van der Waals surface area (Å²) in [4.78, 5) is 11.0. The summed E-state index contributed by atoms with van der Waals surface area (Å²) in [5.41, 5.74) is 0. The molecule has 0 bridgehead atoms. The minimum Gasteiger partial charge on any atom is -0.373 e. The van der Waals surface area contributed by atoms with E-state index in [0.29, 0.717) is 19.1 Å². The number of ether oxygens (including phenoxy) is 1. The monoisotopic (exact) mass is 142 g/mol. The first-order chi connectivity index (χ1) is 4.70. The van der Waals surface area contributed by atoms with Gasteiger partial charge in [0.05, 0.1) is 6.61 Å². The van der Waals surface area contributed by atoms with Gasteiger partial charge in [0.2, 0.25) is 0 Å². The summed E-state index contributed by atoms with van der Waals surface area (Å²) in [6.45, 7) is 5.26. The molecule has 1 atom stereocenters. The van der Waals surface area contributed by atoms with Crippen LogP contribution in [0.3, 0.4) is 0 Å². The molecule has 1 unspecified atom stereocenters. The standard InChI is InChI=1S/C8H14O2/c1-6(2)3-7-4-10-5-8(7)9/h6-7H,3-5H2,1-2H3. The van der Waals surface area contributed by atoms with Crippen LogP contribution in [-0.2, 0) is 9.53 Å². The lowest BCUT2D eigenvalue weighted by molar-refractivity contribution is -0.120. The Morgan fingerprint density at radius 1 is 1.70 bits per heavy atom. The molecule has 0 spiro atoms.